The first-order valence-corrected chi connectivity index (χ1v) is 8.97. The van der Waals surface area contributed by atoms with Crippen molar-refractivity contribution in [1.82, 2.24) is 15.5 Å². The summed E-state index contributed by atoms with van der Waals surface area (Å²) in [7, 11) is 3.76. The zero-order valence-electron chi connectivity index (χ0n) is 14.8. The number of benzene rings is 1. The monoisotopic (exact) mass is 331 g/mol. The van der Waals surface area contributed by atoms with Crippen LogP contribution >= 0.6 is 0 Å². The van der Waals surface area contributed by atoms with Crippen molar-refractivity contribution in [3.63, 3.8) is 0 Å². The van der Waals surface area contributed by atoms with E-state index in [0.29, 0.717) is 0 Å². The van der Waals surface area contributed by atoms with Crippen LogP contribution in [0.15, 0.2) is 24.3 Å². The minimum Gasteiger partial charge on any atom is -0.497 e. The van der Waals surface area contributed by atoms with Gasteiger partial charge in [-0.05, 0) is 37.6 Å². The molecule has 0 radical (unpaired) electrons. The molecule has 3 rings (SSSR count). The van der Waals surface area contributed by atoms with E-state index >= 15 is 0 Å². The van der Waals surface area contributed by atoms with E-state index in [1.54, 1.807) is 7.11 Å². The number of carbonyl (C=O) groups excluding carboxylic acids is 1. The van der Waals surface area contributed by atoms with Gasteiger partial charge in [0, 0.05) is 31.6 Å². The van der Waals surface area contributed by atoms with Gasteiger partial charge in [-0.15, -0.1) is 0 Å². The highest BCUT2D eigenvalue weighted by atomic mass is 16.5. The lowest BCUT2D eigenvalue weighted by atomic mass is 9.78. The van der Waals surface area contributed by atoms with Crippen molar-refractivity contribution in [2.75, 3.05) is 40.3 Å². The summed E-state index contributed by atoms with van der Waals surface area (Å²) in [5.74, 6) is 1.01. The minimum absolute atomic E-state index is 0.0719. The summed E-state index contributed by atoms with van der Waals surface area (Å²) < 4.78 is 5.27. The van der Waals surface area contributed by atoms with Crippen LogP contribution in [0.25, 0.3) is 0 Å². The number of hydrogen-bond acceptors (Lipinski definition) is 4. The van der Waals surface area contributed by atoms with Gasteiger partial charge in [-0.3, -0.25) is 4.79 Å². The molecule has 0 spiro atoms. The molecule has 1 saturated carbocycles. The van der Waals surface area contributed by atoms with Crippen molar-refractivity contribution < 1.29 is 9.53 Å². The van der Waals surface area contributed by atoms with E-state index < -0.39 is 0 Å². The lowest BCUT2D eigenvalue weighted by Gasteiger charge is -2.33. The standard InChI is InChI=1S/C19H29N3O2/c1-22-12-11-20-17(13-22)18(23)21-14-19(9-3-4-10-19)15-5-7-16(24-2)8-6-15/h5-8,17,20H,3-4,9-14H2,1-2H3,(H,21,23)/t17-/m0/s1. The van der Waals surface area contributed by atoms with Gasteiger partial charge < -0.3 is 20.3 Å². The second kappa shape index (κ2) is 7.53. The van der Waals surface area contributed by atoms with Crippen molar-refractivity contribution in [2.45, 2.75) is 37.1 Å². The number of piperazine rings is 1. The zero-order chi connectivity index (χ0) is 17.0. The Balaban J connectivity index is 1.66. The number of rotatable bonds is 5. The third-order valence-electron chi connectivity index (χ3n) is 5.56. The highest BCUT2D eigenvalue weighted by Crippen LogP contribution is 2.41. The molecule has 5 heteroatoms. The first-order chi connectivity index (χ1) is 11.6. The highest BCUT2D eigenvalue weighted by Gasteiger charge is 2.36. The molecule has 5 nitrogen and oxygen atoms in total. The van der Waals surface area contributed by atoms with Gasteiger partial charge in [0.2, 0.25) is 5.91 Å². The average molecular weight is 331 g/mol. The van der Waals surface area contributed by atoms with Crippen molar-refractivity contribution >= 4 is 5.91 Å². The summed E-state index contributed by atoms with van der Waals surface area (Å²) in [6.07, 6.45) is 4.73. The van der Waals surface area contributed by atoms with Gasteiger partial charge in [0.25, 0.3) is 0 Å². The number of ether oxygens (including phenoxy) is 1. The molecule has 1 amide bonds. The van der Waals surface area contributed by atoms with E-state index in [1.807, 2.05) is 12.1 Å². The van der Waals surface area contributed by atoms with Gasteiger partial charge in [-0.1, -0.05) is 25.0 Å². The van der Waals surface area contributed by atoms with Crippen LogP contribution in [0.4, 0.5) is 0 Å². The van der Waals surface area contributed by atoms with E-state index in [4.69, 9.17) is 4.74 Å². The second-order valence-electron chi connectivity index (χ2n) is 7.20. The zero-order valence-corrected chi connectivity index (χ0v) is 14.8. The molecule has 1 heterocycles. The lowest BCUT2D eigenvalue weighted by molar-refractivity contribution is -0.124. The fourth-order valence-electron chi connectivity index (χ4n) is 4.02. The van der Waals surface area contributed by atoms with Gasteiger partial charge in [-0.25, -0.2) is 0 Å². The molecule has 2 N–H and O–H groups in total. The van der Waals surface area contributed by atoms with Gasteiger partial charge in [-0.2, -0.15) is 0 Å². The van der Waals surface area contributed by atoms with Crippen LogP contribution in [0.3, 0.4) is 0 Å². The molecule has 1 aromatic carbocycles. The molecule has 0 unspecified atom stereocenters. The van der Waals surface area contributed by atoms with Crippen LogP contribution < -0.4 is 15.4 Å². The van der Waals surface area contributed by atoms with E-state index in [-0.39, 0.29) is 17.4 Å². The second-order valence-corrected chi connectivity index (χ2v) is 7.20. The van der Waals surface area contributed by atoms with E-state index in [2.05, 4.69) is 34.7 Å². The Morgan fingerprint density at radius 3 is 2.67 bits per heavy atom. The largest absolute Gasteiger partial charge is 0.497 e. The normalized spacial score (nSPS) is 23.8. The Hall–Kier alpha value is -1.59. The Labute approximate surface area is 144 Å². The first kappa shape index (κ1) is 17.2. The van der Waals surface area contributed by atoms with Crippen LogP contribution in [0.5, 0.6) is 5.75 Å². The van der Waals surface area contributed by atoms with Crippen LogP contribution in [-0.4, -0.2) is 57.2 Å². The summed E-state index contributed by atoms with van der Waals surface area (Å²) >= 11 is 0. The van der Waals surface area contributed by atoms with Crippen molar-refractivity contribution in [3.05, 3.63) is 29.8 Å². The van der Waals surface area contributed by atoms with Gasteiger partial charge in [0.1, 0.15) is 5.75 Å². The molecule has 2 aliphatic rings. The number of likely N-dealkylation sites (N-methyl/N-ethyl adjacent to an activating group) is 1. The Morgan fingerprint density at radius 2 is 2.04 bits per heavy atom. The fourth-order valence-corrected chi connectivity index (χ4v) is 4.02. The summed E-state index contributed by atoms with van der Waals surface area (Å²) in [5.41, 5.74) is 1.39. The quantitative estimate of drug-likeness (QED) is 0.859. The average Bonchev–Trinajstić information content (AvgIpc) is 3.10. The van der Waals surface area contributed by atoms with Crippen LogP contribution in [0.1, 0.15) is 31.2 Å². The predicted molar refractivity (Wildman–Crippen MR) is 95.4 cm³/mol. The smallest absolute Gasteiger partial charge is 0.238 e. The summed E-state index contributed by atoms with van der Waals surface area (Å²) in [5, 5.41) is 6.55. The van der Waals surface area contributed by atoms with Crippen molar-refractivity contribution in [3.8, 4) is 5.75 Å². The molecule has 24 heavy (non-hydrogen) atoms. The molecule has 1 aliphatic carbocycles. The summed E-state index contributed by atoms with van der Waals surface area (Å²) in [6, 6.07) is 8.26. The van der Waals surface area contributed by atoms with E-state index in [1.165, 1.54) is 18.4 Å². The molecule has 132 valence electrons. The predicted octanol–water partition coefficient (Wildman–Crippen LogP) is 1.53. The summed E-state index contributed by atoms with van der Waals surface area (Å²) in [4.78, 5) is 14.8. The maximum atomic E-state index is 12.6. The fraction of sp³-hybridized carbons (Fsp3) is 0.632. The van der Waals surface area contributed by atoms with Gasteiger partial charge in [0.15, 0.2) is 0 Å². The molecule has 1 aliphatic heterocycles. The van der Waals surface area contributed by atoms with Crippen molar-refractivity contribution in [2.24, 2.45) is 0 Å². The minimum atomic E-state index is -0.0990. The Bertz CT molecular complexity index is 552. The van der Waals surface area contributed by atoms with E-state index in [9.17, 15) is 4.79 Å². The number of hydrogen-bond donors (Lipinski definition) is 2. The van der Waals surface area contributed by atoms with Crippen LogP contribution in [0, 0.1) is 0 Å². The number of methoxy groups -OCH3 is 1. The molecule has 1 atom stereocenters. The number of nitrogens with one attached hydrogen (secondary N) is 2. The van der Waals surface area contributed by atoms with E-state index in [0.717, 1.165) is 44.8 Å². The molecule has 2 fully saturated rings. The SMILES string of the molecule is COc1ccc(C2(CNC(=O)[C@@H]3CN(C)CCN3)CCCC2)cc1. The molecule has 0 aromatic heterocycles. The Morgan fingerprint density at radius 1 is 1.33 bits per heavy atom. The molecule has 0 bridgehead atoms. The van der Waals surface area contributed by atoms with Crippen LogP contribution in [0.2, 0.25) is 0 Å². The first-order valence-electron chi connectivity index (χ1n) is 8.97. The van der Waals surface area contributed by atoms with Crippen molar-refractivity contribution in [1.29, 1.82) is 0 Å². The Kier molecular flexibility index (Phi) is 5.41. The number of amides is 1. The molecular weight excluding hydrogens is 302 g/mol. The van der Waals surface area contributed by atoms with Crippen LogP contribution in [-0.2, 0) is 10.2 Å². The maximum absolute atomic E-state index is 12.6. The molecule has 1 aromatic rings. The highest BCUT2D eigenvalue weighted by molar-refractivity contribution is 5.82. The van der Waals surface area contributed by atoms with Gasteiger partial charge >= 0.3 is 0 Å². The molecular formula is C19H29N3O2. The summed E-state index contributed by atoms with van der Waals surface area (Å²) in [6.45, 7) is 3.37. The number of nitrogens with zero attached hydrogens (tertiary/aromatic N) is 1. The third kappa shape index (κ3) is 3.73. The lowest BCUT2D eigenvalue weighted by Crippen LogP contribution is -2.57. The maximum Gasteiger partial charge on any atom is 0.238 e. The third-order valence-corrected chi connectivity index (χ3v) is 5.56. The van der Waals surface area contributed by atoms with Gasteiger partial charge in [0.05, 0.1) is 13.2 Å². The molecule has 1 saturated heterocycles. The number of carbonyl (C=O) groups is 1. The topological polar surface area (TPSA) is 53.6 Å².